The van der Waals surface area contributed by atoms with E-state index in [9.17, 15) is 9.59 Å². The minimum Gasteiger partial charge on any atom is -0.345 e. The third kappa shape index (κ3) is 2.29. The quantitative estimate of drug-likeness (QED) is 0.786. The van der Waals surface area contributed by atoms with E-state index in [1.54, 1.807) is 11.0 Å². The van der Waals surface area contributed by atoms with Gasteiger partial charge in [0.15, 0.2) is 5.78 Å². The van der Waals surface area contributed by atoms with Crippen LogP contribution < -0.4 is 0 Å². The van der Waals surface area contributed by atoms with Crippen LogP contribution in [0.25, 0.3) is 0 Å². The second-order valence-electron chi connectivity index (χ2n) is 4.37. The molecule has 0 saturated carbocycles. The molecule has 0 N–H and O–H groups in total. The van der Waals surface area contributed by atoms with Crippen molar-refractivity contribution in [3.05, 3.63) is 23.5 Å². The average Bonchev–Trinajstić information content (AvgIpc) is 2.77. The van der Waals surface area contributed by atoms with Gasteiger partial charge in [0.25, 0.3) is 5.91 Å². The van der Waals surface area contributed by atoms with Gasteiger partial charge in [-0.25, -0.2) is 0 Å². The molecule has 0 bridgehead atoms. The van der Waals surface area contributed by atoms with Gasteiger partial charge in [-0.2, -0.15) is 0 Å². The first-order chi connectivity index (χ1) is 8.69. The van der Waals surface area contributed by atoms with Crippen LogP contribution in [0.3, 0.4) is 0 Å². The third-order valence-corrected chi connectivity index (χ3v) is 3.52. The topological polar surface area (TPSA) is 42.3 Å². The van der Waals surface area contributed by atoms with Gasteiger partial charge in [-0.3, -0.25) is 9.59 Å². The van der Waals surface area contributed by atoms with Crippen molar-refractivity contribution in [2.24, 2.45) is 0 Å². The standard InChI is InChI=1S/C13H17ClN2O2/c1-2-15-8-4-10-12(15)11(17)5-9-16(13(10)18)7-3-6-14/h4,8H,2-3,5-7,9H2,1H3. The first-order valence-corrected chi connectivity index (χ1v) is 6.80. The summed E-state index contributed by atoms with van der Waals surface area (Å²) in [7, 11) is 0. The van der Waals surface area contributed by atoms with E-state index in [-0.39, 0.29) is 11.7 Å². The van der Waals surface area contributed by atoms with Gasteiger partial charge in [0.2, 0.25) is 0 Å². The molecule has 1 amide bonds. The molecule has 0 spiro atoms. The molecule has 1 aromatic heterocycles. The van der Waals surface area contributed by atoms with Gasteiger partial charge in [-0.15, -0.1) is 11.6 Å². The van der Waals surface area contributed by atoms with E-state index in [1.807, 2.05) is 17.7 Å². The molecule has 1 aromatic rings. The zero-order valence-corrected chi connectivity index (χ0v) is 11.2. The Morgan fingerprint density at radius 1 is 1.39 bits per heavy atom. The van der Waals surface area contributed by atoms with E-state index >= 15 is 0 Å². The number of nitrogens with zero attached hydrogens (tertiary/aromatic N) is 2. The maximum absolute atomic E-state index is 12.3. The maximum Gasteiger partial charge on any atom is 0.256 e. The Morgan fingerprint density at radius 3 is 2.83 bits per heavy atom. The van der Waals surface area contributed by atoms with E-state index in [2.05, 4.69) is 0 Å². The van der Waals surface area contributed by atoms with Crippen molar-refractivity contribution in [1.82, 2.24) is 9.47 Å². The molecule has 18 heavy (non-hydrogen) atoms. The number of hydrogen-bond donors (Lipinski definition) is 0. The molecule has 0 aliphatic carbocycles. The van der Waals surface area contributed by atoms with Crippen LogP contribution in [-0.2, 0) is 6.54 Å². The smallest absolute Gasteiger partial charge is 0.256 e. The summed E-state index contributed by atoms with van der Waals surface area (Å²) in [5.41, 5.74) is 1.10. The molecular weight excluding hydrogens is 252 g/mol. The molecule has 4 nitrogen and oxygen atoms in total. The summed E-state index contributed by atoms with van der Waals surface area (Å²) < 4.78 is 1.85. The molecular formula is C13H17ClN2O2. The predicted octanol–water partition coefficient (Wildman–Crippen LogP) is 2.17. The van der Waals surface area contributed by atoms with Gasteiger partial charge in [-0.1, -0.05) is 0 Å². The molecule has 0 atom stereocenters. The lowest BCUT2D eigenvalue weighted by atomic mass is 10.1. The summed E-state index contributed by atoms with van der Waals surface area (Å²) in [5, 5.41) is 0. The van der Waals surface area contributed by atoms with Crippen LogP contribution in [0.4, 0.5) is 0 Å². The van der Waals surface area contributed by atoms with Gasteiger partial charge in [-0.05, 0) is 19.4 Å². The summed E-state index contributed by atoms with van der Waals surface area (Å²) in [6, 6.07) is 1.75. The molecule has 1 aliphatic heterocycles. The van der Waals surface area contributed by atoms with Crippen molar-refractivity contribution in [3.8, 4) is 0 Å². The minimum atomic E-state index is -0.0480. The Bertz CT molecular complexity index is 468. The lowest BCUT2D eigenvalue weighted by Gasteiger charge is -2.19. The van der Waals surface area contributed by atoms with E-state index in [4.69, 9.17) is 11.6 Å². The highest BCUT2D eigenvalue weighted by molar-refractivity contribution is 6.17. The highest BCUT2D eigenvalue weighted by Crippen LogP contribution is 2.20. The first-order valence-electron chi connectivity index (χ1n) is 6.26. The normalized spacial score (nSPS) is 15.8. The third-order valence-electron chi connectivity index (χ3n) is 3.26. The molecule has 1 aliphatic rings. The minimum absolute atomic E-state index is 0.0480. The van der Waals surface area contributed by atoms with Crippen LogP contribution in [0.1, 0.15) is 40.6 Å². The number of carbonyl (C=O) groups is 2. The maximum atomic E-state index is 12.3. The average molecular weight is 269 g/mol. The number of rotatable bonds is 4. The van der Waals surface area contributed by atoms with Crippen LogP contribution in [-0.4, -0.2) is 40.1 Å². The number of fused-ring (bicyclic) bond motifs is 1. The highest BCUT2D eigenvalue weighted by Gasteiger charge is 2.28. The van der Waals surface area contributed by atoms with Crippen molar-refractivity contribution in [2.45, 2.75) is 26.3 Å². The van der Waals surface area contributed by atoms with Crippen LogP contribution in [0.5, 0.6) is 0 Å². The summed E-state index contributed by atoms with van der Waals surface area (Å²) in [6.07, 6.45) is 2.96. The van der Waals surface area contributed by atoms with Gasteiger partial charge >= 0.3 is 0 Å². The Labute approximate surface area is 112 Å². The molecule has 0 fully saturated rings. The SMILES string of the molecule is CCn1ccc2c1C(=O)CCN(CCCCl)C2=O. The van der Waals surface area contributed by atoms with Crippen LogP contribution >= 0.6 is 11.6 Å². The Balaban J connectivity index is 2.32. The van der Waals surface area contributed by atoms with Crippen LogP contribution in [0, 0.1) is 0 Å². The Morgan fingerprint density at radius 2 is 2.17 bits per heavy atom. The van der Waals surface area contributed by atoms with Crippen LogP contribution in [0.2, 0.25) is 0 Å². The second-order valence-corrected chi connectivity index (χ2v) is 4.75. The Kier molecular flexibility index (Phi) is 4.07. The molecule has 0 aromatic carbocycles. The summed E-state index contributed by atoms with van der Waals surface area (Å²) in [6.45, 7) is 3.78. The van der Waals surface area contributed by atoms with Crippen molar-refractivity contribution in [2.75, 3.05) is 19.0 Å². The molecule has 0 unspecified atom stereocenters. The number of ketones is 1. The van der Waals surface area contributed by atoms with Crippen molar-refractivity contribution in [3.63, 3.8) is 0 Å². The zero-order chi connectivity index (χ0) is 13.1. The van der Waals surface area contributed by atoms with Crippen molar-refractivity contribution < 1.29 is 9.59 Å². The molecule has 2 heterocycles. The number of alkyl halides is 1. The lowest BCUT2D eigenvalue weighted by molar-refractivity contribution is 0.0759. The van der Waals surface area contributed by atoms with Crippen LogP contribution in [0.15, 0.2) is 12.3 Å². The number of halogens is 1. The van der Waals surface area contributed by atoms with Gasteiger partial charge < -0.3 is 9.47 Å². The van der Waals surface area contributed by atoms with E-state index < -0.39 is 0 Å². The fourth-order valence-electron chi connectivity index (χ4n) is 2.31. The summed E-state index contributed by atoms with van der Waals surface area (Å²) in [5.74, 6) is 0.535. The largest absolute Gasteiger partial charge is 0.345 e. The molecule has 98 valence electrons. The van der Waals surface area contributed by atoms with Crippen molar-refractivity contribution in [1.29, 1.82) is 0 Å². The molecule has 5 heteroatoms. The van der Waals surface area contributed by atoms with E-state index in [0.717, 1.165) is 6.42 Å². The summed E-state index contributed by atoms with van der Waals surface area (Å²) in [4.78, 5) is 26.1. The predicted molar refractivity (Wildman–Crippen MR) is 70.3 cm³/mol. The zero-order valence-electron chi connectivity index (χ0n) is 10.5. The van der Waals surface area contributed by atoms with E-state index in [1.165, 1.54) is 0 Å². The molecule has 0 radical (unpaired) electrons. The van der Waals surface area contributed by atoms with Gasteiger partial charge in [0.1, 0.15) is 0 Å². The van der Waals surface area contributed by atoms with Gasteiger partial charge in [0, 0.05) is 38.1 Å². The number of aryl methyl sites for hydroxylation is 1. The first kappa shape index (κ1) is 13.1. The fourth-order valence-corrected chi connectivity index (χ4v) is 2.43. The monoisotopic (exact) mass is 268 g/mol. The molecule has 2 rings (SSSR count). The second kappa shape index (κ2) is 5.57. The number of carbonyl (C=O) groups excluding carboxylic acids is 2. The van der Waals surface area contributed by atoms with Crippen molar-refractivity contribution >= 4 is 23.3 Å². The fraction of sp³-hybridized carbons (Fsp3) is 0.538. The number of amides is 1. The summed E-state index contributed by atoms with van der Waals surface area (Å²) >= 11 is 5.66. The van der Waals surface area contributed by atoms with Gasteiger partial charge in [0.05, 0.1) is 11.3 Å². The lowest BCUT2D eigenvalue weighted by Crippen LogP contribution is -2.32. The number of Topliss-reactive ketones (excluding diaryl/α,β-unsaturated/α-hetero) is 1. The highest BCUT2D eigenvalue weighted by atomic mass is 35.5. The van der Waals surface area contributed by atoms with E-state index in [0.29, 0.717) is 43.2 Å². The number of hydrogen-bond acceptors (Lipinski definition) is 2. The molecule has 0 saturated heterocycles. The number of aromatic nitrogens is 1. The Hall–Kier alpha value is -1.29.